The number of halogens is 1. The summed E-state index contributed by atoms with van der Waals surface area (Å²) in [5.74, 6) is 1.23. The van der Waals surface area contributed by atoms with Gasteiger partial charge in [-0.3, -0.25) is 9.59 Å². The van der Waals surface area contributed by atoms with Gasteiger partial charge in [-0.25, -0.2) is 0 Å². The van der Waals surface area contributed by atoms with Gasteiger partial charge in [0.15, 0.2) is 5.16 Å². The maximum atomic E-state index is 13.1. The number of benzene rings is 2. The van der Waals surface area contributed by atoms with Gasteiger partial charge in [0.25, 0.3) is 5.56 Å². The fourth-order valence-corrected chi connectivity index (χ4v) is 4.93. The quantitative estimate of drug-likeness (QED) is 0.430. The molecule has 1 unspecified atom stereocenters. The molecule has 1 aliphatic heterocycles. The van der Waals surface area contributed by atoms with Crippen molar-refractivity contribution in [2.45, 2.75) is 23.2 Å². The fourth-order valence-electron chi connectivity index (χ4n) is 3.63. The summed E-state index contributed by atoms with van der Waals surface area (Å²) in [6, 6.07) is 15.6. The number of ether oxygens (including phenoxy) is 1. The van der Waals surface area contributed by atoms with E-state index < -0.39 is 5.92 Å². The van der Waals surface area contributed by atoms with E-state index in [4.69, 9.17) is 4.74 Å². The molecule has 1 aliphatic rings. The molecular formula is C22H20BrN3O3S. The topological polar surface area (TPSA) is 73.2 Å². The molecule has 8 heteroatoms. The molecule has 0 spiro atoms. The molecule has 0 bridgehead atoms. The summed E-state index contributed by atoms with van der Waals surface area (Å²) < 4.78 is 8.14. The van der Waals surface area contributed by atoms with Gasteiger partial charge in [-0.1, -0.05) is 58.0 Å². The molecule has 2 heterocycles. The summed E-state index contributed by atoms with van der Waals surface area (Å²) in [6.07, 6.45) is 0.160. The highest BCUT2D eigenvalue weighted by Crippen LogP contribution is 2.40. The van der Waals surface area contributed by atoms with Gasteiger partial charge < -0.3 is 14.6 Å². The first-order valence-electron chi connectivity index (χ1n) is 9.39. The lowest BCUT2D eigenvalue weighted by Gasteiger charge is -2.28. The summed E-state index contributed by atoms with van der Waals surface area (Å²) in [7, 11) is 3.40. The first-order chi connectivity index (χ1) is 14.5. The average Bonchev–Trinajstić information content (AvgIpc) is 2.75. The molecule has 1 aromatic heterocycles. The molecule has 0 fully saturated rings. The van der Waals surface area contributed by atoms with E-state index in [1.54, 1.807) is 11.7 Å². The molecule has 154 valence electrons. The van der Waals surface area contributed by atoms with E-state index in [9.17, 15) is 9.59 Å². The number of nitrogens with one attached hydrogen (secondary N) is 1. The van der Waals surface area contributed by atoms with Crippen LogP contribution in [-0.2, 0) is 17.6 Å². The fraction of sp³-hybridized carbons (Fsp3) is 0.227. The number of carbonyl (C=O) groups is 1. The number of amides is 1. The van der Waals surface area contributed by atoms with E-state index in [-0.39, 0.29) is 17.9 Å². The van der Waals surface area contributed by atoms with Gasteiger partial charge in [-0.2, -0.15) is 4.98 Å². The van der Waals surface area contributed by atoms with Gasteiger partial charge in [-0.15, -0.1) is 0 Å². The highest BCUT2D eigenvalue weighted by Gasteiger charge is 2.33. The number of hydrogen-bond acceptors (Lipinski definition) is 5. The number of carbonyl (C=O) groups excluding carboxylic acids is 1. The Morgan fingerprint density at radius 3 is 2.73 bits per heavy atom. The van der Waals surface area contributed by atoms with Crippen LogP contribution in [0.15, 0.2) is 63.0 Å². The smallest absolute Gasteiger partial charge is 0.279 e. The van der Waals surface area contributed by atoms with Crippen molar-refractivity contribution in [3.05, 3.63) is 80.0 Å². The Morgan fingerprint density at radius 1 is 1.23 bits per heavy atom. The number of aromatic nitrogens is 2. The second-order valence-electron chi connectivity index (χ2n) is 6.99. The zero-order chi connectivity index (χ0) is 21.3. The third-order valence-corrected chi connectivity index (χ3v) is 6.67. The SMILES string of the molecule is COc1ccc(Br)cc1C1CC(=O)Nc2c1c(=O)nc(SCc1ccccc1)n2C. The van der Waals surface area contributed by atoms with Crippen molar-refractivity contribution < 1.29 is 9.53 Å². The Kier molecular flexibility index (Phi) is 5.97. The van der Waals surface area contributed by atoms with Crippen molar-refractivity contribution in [1.82, 2.24) is 9.55 Å². The van der Waals surface area contributed by atoms with Crippen LogP contribution in [-0.4, -0.2) is 22.6 Å². The number of hydrogen-bond donors (Lipinski definition) is 1. The molecule has 3 aromatic rings. The van der Waals surface area contributed by atoms with E-state index in [0.717, 1.165) is 15.6 Å². The molecule has 0 saturated heterocycles. The first-order valence-corrected chi connectivity index (χ1v) is 11.2. The normalized spacial score (nSPS) is 15.4. The number of methoxy groups -OCH3 is 1. The van der Waals surface area contributed by atoms with Gasteiger partial charge in [0.1, 0.15) is 11.6 Å². The molecule has 0 aliphatic carbocycles. The minimum Gasteiger partial charge on any atom is -0.496 e. The second-order valence-corrected chi connectivity index (χ2v) is 8.84. The van der Waals surface area contributed by atoms with Crippen molar-refractivity contribution in [3.63, 3.8) is 0 Å². The van der Waals surface area contributed by atoms with Crippen molar-refractivity contribution in [2.24, 2.45) is 7.05 Å². The number of nitrogens with zero attached hydrogens (tertiary/aromatic N) is 2. The van der Waals surface area contributed by atoms with Gasteiger partial charge in [-0.05, 0) is 23.8 Å². The van der Waals surface area contributed by atoms with Crippen LogP contribution in [0.25, 0.3) is 0 Å². The lowest BCUT2D eigenvalue weighted by molar-refractivity contribution is -0.116. The second kappa shape index (κ2) is 8.65. The Bertz CT molecular complexity index is 1160. The summed E-state index contributed by atoms with van der Waals surface area (Å²) in [6.45, 7) is 0. The average molecular weight is 486 g/mol. The van der Waals surface area contributed by atoms with Crippen LogP contribution in [0.3, 0.4) is 0 Å². The van der Waals surface area contributed by atoms with Crippen LogP contribution in [0.5, 0.6) is 5.75 Å². The Hall–Kier alpha value is -2.58. The predicted octanol–water partition coefficient (Wildman–Crippen LogP) is 4.32. The van der Waals surface area contributed by atoms with E-state index in [1.165, 1.54) is 11.8 Å². The number of rotatable bonds is 5. The molecule has 0 radical (unpaired) electrons. The van der Waals surface area contributed by atoms with E-state index in [1.807, 2.05) is 55.6 Å². The van der Waals surface area contributed by atoms with Gasteiger partial charge in [0.2, 0.25) is 5.91 Å². The molecule has 30 heavy (non-hydrogen) atoms. The van der Waals surface area contributed by atoms with Crippen LogP contribution in [0, 0.1) is 0 Å². The minimum atomic E-state index is -0.430. The van der Waals surface area contributed by atoms with Crippen LogP contribution >= 0.6 is 27.7 Å². The van der Waals surface area contributed by atoms with E-state index >= 15 is 0 Å². The lowest BCUT2D eigenvalue weighted by atomic mass is 9.86. The summed E-state index contributed by atoms with van der Waals surface area (Å²) >= 11 is 4.94. The van der Waals surface area contributed by atoms with Crippen molar-refractivity contribution in [1.29, 1.82) is 0 Å². The number of anilines is 1. The third-order valence-electron chi connectivity index (χ3n) is 5.08. The minimum absolute atomic E-state index is 0.144. The van der Waals surface area contributed by atoms with Gasteiger partial charge in [0, 0.05) is 35.2 Å². The molecular weight excluding hydrogens is 466 g/mol. The van der Waals surface area contributed by atoms with Crippen LogP contribution in [0.2, 0.25) is 0 Å². The summed E-state index contributed by atoms with van der Waals surface area (Å²) in [5, 5.41) is 3.44. The monoisotopic (exact) mass is 485 g/mol. The summed E-state index contributed by atoms with van der Waals surface area (Å²) in [4.78, 5) is 30.0. The molecule has 1 amide bonds. The lowest BCUT2D eigenvalue weighted by Crippen LogP contribution is -2.33. The van der Waals surface area contributed by atoms with E-state index in [2.05, 4.69) is 26.2 Å². The highest BCUT2D eigenvalue weighted by molar-refractivity contribution is 9.10. The Labute approximate surface area is 186 Å². The third kappa shape index (κ3) is 4.02. The number of thioether (sulfide) groups is 1. The standard InChI is InChI=1S/C22H20BrN3O3S/c1-26-20-19(21(28)25-22(26)30-12-13-6-4-3-5-7-13)16(11-18(27)24-20)15-10-14(23)8-9-17(15)29-2/h3-10,16H,11-12H2,1-2H3,(H,24,27). The molecule has 2 aromatic carbocycles. The molecule has 0 saturated carbocycles. The van der Waals surface area contributed by atoms with Crippen molar-refractivity contribution in [3.8, 4) is 5.75 Å². The Morgan fingerprint density at radius 2 is 2.00 bits per heavy atom. The molecule has 4 rings (SSSR count). The predicted molar refractivity (Wildman–Crippen MR) is 121 cm³/mol. The van der Waals surface area contributed by atoms with Gasteiger partial charge >= 0.3 is 0 Å². The van der Waals surface area contributed by atoms with Crippen LogP contribution in [0.4, 0.5) is 5.82 Å². The molecule has 1 N–H and O–H groups in total. The zero-order valence-electron chi connectivity index (χ0n) is 16.5. The summed E-state index contributed by atoms with van der Waals surface area (Å²) in [5.41, 5.74) is 2.07. The first kappa shape index (κ1) is 20.7. The number of fused-ring (bicyclic) bond motifs is 1. The van der Waals surface area contributed by atoms with Gasteiger partial charge in [0.05, 0.1) is 12.7 Å². The maximum Gasteiger partial charge on any atom is 0.279 e. The maximum absolute atomic E-state index is 13.1. The molecule has 1 atom stereocenters. The van der Waals surface area contributed by atoms with E-state index in [0.29, 0.717) is 28.0 Å². The van der Waals surface area contributed by atoms with Crippen LogP contribution < -0.4 is 15.6 Å². The van der Waals surface area contributed by atoms with Crippen molar-refractivity contribution in [2.75, 3.05) is 12.4 Å². The van der Waals surface area contributed by atoms with Crippen LogP contribution in [0.1, 0.15) is 29.0 Å². The van der Waals surface area contributed by atoms with Crippen molar-refractivity contribution >= 4 is 39.4 Å². The zero-order valence-corrected chi connectivity index (χ0v) is 18.9. The Balaban J connectivity index is 1.77. The largest absolute Gasteiger partial charge is 0.496 e. The highest BCUT2D eigenvalue weighted by atomic mass is 79.9. The molecule has 6 nitrogen and oxygen atoms in total.